The van der Waals surface area contributed by atoms with Crippen LogP contribution in [0.2, 0.25) is 0 Å². The normalized spacial score (nSPS) is 14.0. The molecule has 0 amide bonds. The molecular formula is C11H20N2. The third-order valence-electron chi connectivity index (χ3n) is 1.82. The van der Waals surface area contributed by atoms with Gasteiger partial charge in [0, 0.05) is 11.9 Å². The fourth-order valence-corrected chi connectivity index (χ4v) is 0.918. The first-order valence-corrected chi connectivity index (χ1v) is 4.65. The molecule has 74 valence electrons. The van der Waals surface area contributed by atoms with Crippen LogP contribution < -0.4 is 5.73 Å². The molecule has 0 aliphatic rings. The molecule has 0 atom stereocenters. The molecule has 13 heavy (non-hydrogen) atoms. The van der Waals surface area contributed by atoms with Crippen LogP contribution in [0.4, 0.5) is 0 Å². The van der Waals surface area contributed by atoms with Crippen molar-refractivity contribution < 1.29 is 0 Å². The van der Waals surface area contributed by atoms with E-state index < -0.39 is 0 Å². The molecule has 0 aliphatic heterocycles. The number of nitrogens with two attached hydrogens (primary N) is 1. The van der Waals surface area contributed by atoms with E-state index >= 15 is 0 Å². The Hall–Kier alpha value is -1.05. The Balaban J connectivity index is 4.76. The van der Waals surface area contributed by atoms with Gasteiger partial charge in [0.1, 0.15) is 0 Å². The van der Waals surface area contributed by atoms with Gasteiger partial charge in [-0.2, -0.15) is 0 Å². The molecule has 0 saturated heterocycles. The Morgan fingerprint density at radius 3 is 2.00 bits per heavy atom. The maximum atomic E-state index is 5.47. The van der Waals surface area contributed by atoms with E-state index in [9.17, 15) is 0 Å². The van der Waals surface area contributed by atoms with Crippen LogP contribution in [0.25, 0.3) is 0 Å². The van der Waals surface area contributed by atoms with E-state index in [0.717, 1.165) is 11.4 Å². The zero-order chi connectivity index (χ0) is 10.4. The lowest BCUT2D eigenvalue weighted by molar-refractivity contribution is 0.749. The predicted octanol–water partition coefficient (Wildman–Crippen LogP) is 2.73. The minimum Gasteiger partial charge on any atom is -0.403 e. The molecule has 2 N–H and O–H groups in total. The van der Waals surface area contributed by atoms with Crippen molar-refractivity contribution in [1.29, 1.82) is 0 Å². The largest absolute Gasteiger partial charge is 0.403 e. The van der Waals surface area contributed by atoms with Gasteiger partial charge in [0.05, 0.1) is 5.70 Å². The minimum absolute atomic E-state index is 0.360. The lowest BCUT2D eigenvalue weighted by Gasteiger charge is -2.09. The van der Waals surface area contributed by atoms with Crippen molar-refractivity contribution in [2.45, 2.75) is 27.7 Å². The Labute approximate surface area is 81.2 Å². The van der Waals surface area contributed by atoms with E-state index in [4.69, 9.17) is 5.73 Å². The number of rotatable bonds is 4. The van der Waals surface area contributed by atoms with Crippen LogP contribution in [0, 0.1) is 11.8 Å². The van der Waals surface area contributed by atoms with Gasteiger partial charge in [0.2, 0.25) is 0 Å². The molecule has 0 aromatic rings. The molecule has 0 bridgehead atoms. The van der Waals surface area contributed by atoms with Crippen molar-refractivity contribution >= 4 is 5.71 Å². The summed E-state index contributed by atoms with van der Waals surface area (Å²) in [6, 6.07) is 0. The lowest BCUT2D eigenvalue weighted by Crippen LogP contribution is -2.06. The average molecular weight is 180 g/mol. The van der Waals surface area contributed by atoms with E-state index in [1.807, 2.05) is 0 Å². The zero-order valence-electron chi connectivity index (χ0n) is 9.04. The molecule has 0 spiro atoms. The number of allylic oxidation sites excluding steroid dienone is 2. The summed E-state index contributed by atoms with van der Waals surface area (Å²) >= 11 is 0. The van der Waals surface area contributed by atoms with Crippen LogP contribution in [0.1, 0.15) is 27.7 Å². The summed E-state index contributed by atoms with van der Waals surface area (Å²) in [6.45, 7) is 12.1. The van der Waals surface area contributed by atoms with E-state index in [-0.39, 0.29) is 0 Å². The molecule has 0 radical (unpaired) electrons. The maximum Gasteiger partial charge on any atom is 0.0586 e. The molecule has 2 heteroatoms. The second-order valence-electron chi connectivity index (χ2n) is 3.64. The topological polar surface area (TPSA) is 38.4 Å². The molecular weight excluding hydrogens is 160 g/mol. The van der Waals surface area contributed by atoms with Crippen LogP contribution >= 0.6 is 0 Å². The summed E-state index contributed by atoms with van der Waals surface area (Å²) in [7, 11) is 0. The Morgan fingerprint density at radius 2 is 1.77 bits per heavy atom. The molecule has 0 unspecified atom stereocenters. The van der Waals surface area contributed by atoms with Gasteiger partial charge in [-0.1, -0.05) is 34.3 Å². The van der Waals surface area contributed by atoms with Gasteiger partial charge in [-0.15, -0.1) is 0 Å². The van der Waals surface area contributed by atoms with E-state index in [1.165, 1.54) is 0 Å². The van der Waals surface area contributed by atoms with E-state index in [0.29, 0.717) is 11.8 Å². The number of nitrogens with zero attached hydrogens (tertiary/aromatic N) is 1. The number of aliphatic imine (C=N–C) groups is 1. The van der Waals surface area contributed by atoms with Crippen LogP contribution in [0.15, 0.2) is 29.5 Å². The summed E-state index contributed by atoms with van der Waals surface area (Å²) < 4.78 is 0. The second kappa shape index (κ2) is 5.57. The quantitative estimate of drug-likeness (QED) is 0.664. The Kier molecular flexibility index (Phi) is 5.12. The summed E-state index contributed by atoms with van der Waals surface area (Å²) in [6.07, 6.45) is 3.35. The monoisotopic (exact) mass is 180 g/mol. The first-order valence-electron chi connectivity index (χ1n) is 4.65. The fourth-order valence-electron chi connectivity index (χ4n) is 0.918. The highest BCUT2D eigenvalue weighted by atomic mass is 14.8. The van der Waals surface area contributed by atoms with Crippen molar-refractivity contribution in [3.8, 4) is 0 Å². The Morgan fingerprint density at radius 1 is 1.23 bits per heavy atom. The van der Waals surface area contributed by atoms with Gasteiger partial charge in [-0.3, -0.25) is 4.99 Å². The van der Waals surface area contributed by atoms with Crippen molar-refractivity contribution in [2.75, 3.05) is 0 Å². The molecule has 0 aliphatic carbocycles. The highest BCUT2D eigenvalue weighted by molar-refractivity contribution is 5.96. The lowest BCUT2D eigenvalue weighted by atomic mass is 10.1. The minimum atomic E-state index is 0.360. The summed E-state index contributed by atoms with van der Waals surface area (Å²) in [5, 5.41) is 0. The van der Waals surface area contributed by atoms with Crippen molar-refractivity contribution in [3.05, 3.63) is 24.6 Å². The zero-order valence-corrected chi connectivity index (χ0v) is 9.04. The SMILES string of the molecule is C=CC(=N/C(=C\N)C(C)C)C(C)C. The first kappa shape index (κ1) is 11.9. The average Bonchev–Trinajstić information content (AvgIpc) is 2.05. The molecule has 0 fully saturated rings. The summed E-state index contributed by atoms with van der Waals surface area (Å²) in [4.78, 5) is 4.45. The smallest absolute Gasteiger partial charge is 0.0586 e. The first-order chi connectivity index (χ1) is 6.02. The highest BCUT2D eigenvalue weighted by Gasteiger charge is 2.04. The van der Waals surface area contributed by atoms with Gasteiger partial charge >= 0.3 is 0 Å². The van der Waals surface area contributed by atoms with Crippen LogP contribution in [0.3, 0.4) is 0 Å². The molecule has 0 aromatic carbocycles. The molecule has 0 heterocycles. The van der Waals surface area contributed by atoms with Crippen LogP contribution in [0.5, 0.6) is 0 Å². The molecule has 2 nitrogen and oxygen atoms in total. The van der Waals surface area contributed by atoms with Gasteiger partial charge in [0.25, 0.3) is 0 Å². The highest BCUT2D eigenvalue weighted by Crippen LogP contribution is 2.12. The summed E-state index contributed by atoms with van der Waals surface area (Å²) in [5.41, 5.74) is 7.38. The van der Waals surface area contributed by atoms with Crippen LogP contribution in [-0.2, 0) is 0 Å². The predicted molar refractivity (Wildman–Crippen MR) is 59.6 cm³/mol. The van der Waals surface area contributed by atoms with Gasteiger partial charge in [-0.05, 0) is 17.9 Å². The van der Waals surface area contributed by atoms with Crippen molar-refractivity contribution in [2.24, 2.45) is 22.6 Å². The maximum absolute atomic E-state index is 5.47. The second-order valence-corrected chi connectivity index (χ2v) is 3.64. The number of hydrogen-bond acceptors (Lipinski definition) is 2. The fraction of sp³-hybridized carbons (Fsp3) is 0.545. The van der Waals surface area contributed by atoms with Crippen LogP contribution in [-0.4, -0.2) is 5.71 Å². The van der Waals surface area contributed by atoms with Gasteiger partial charge in [0.15, 0.2) is 0 Å². The Bertz CT molecular complexity index is 222. The summed E-state index contributed by atoms with van der Waals surface area (Å²) in [5.74, 6) is 0.755. The van der Waals surface area contributed by atoms with E-state index in [2.05, 4.69) is 39.3 Å². The van der Waals surface area contributed by atoms with Gasteiger partial charge < -0.3 is 5.73 Å². The molecule has 0 rings (SSSR count). The third-order valence-corrected chi connectivity index (χ3v) is 1.82. The molecule has 0 aromatic heterocycles. The van der Waals surface area contributed by atoms with E-state index in [1.54, 1.807) is 12.3 Å². The third kappa shape index (κ3) is 3.92. The molecule has 0 saturated carbocycles. The standard InChI is InChI=1S/C11H20N2/c1-6-10(8(2)3)13-11(7-12)9(4)5/h6-9H,1,12H2,2-5H3/b11-7-,13-10?. The van der Waals surface area contributed by atoms with Crippen molar-refractivity contribution in [1.82, 2.24) is 0 Å². The van der Waals surface area contributed by atoms with Gasteiger partial charge in [-0.25, -0.2) is 0 Å². The number of hydrogen-bond donors (Lipinski definition) is 1. The van der Waals surface area contributed by atoms with Crippen molar-refractivity contribution in [3.63, 3.8) is 0 Å².